The quantitative estimate of drug-likeness (QED) is 0.807. The Morgan fingerprint density at radius 2 is 1.93 bits per heavy atom. The summed E-state index contributed by atoms with van der Waals surface area (Å²) in [4.78, 5) is 15.0. The summed E-state index contributed by atoms with van der Waals surface area (Å²) < 4.78 is 33.2. The Labute approximate surface area is 165 Å². The van der Waals surface area contributed by atoms with Crippen molar-refractivity contribution in [2.45, 2.75) is 36.2 Å². The van der Waals surface area contributed by atoms with Crippen LogP contribution in [-0.2, 0) is 21.2 Å². The molecule has 4 rings (SSSR count). The Hall–Kier alpha value is -2.38. The van der Waals surface area contributed by atoms with Gasteiger partial charge >= 0.3 is 0 Å². The molecule has 7 heteroatoms. The predicted molar refractivity (Wildman–Crippen MR) is 105 cm³/mol. The zero-order chi connectivity index (χ0) is 19.7. The minimum Gasteiger partial charge on any atom is -0.497 e. The van der Waals surface area contributed by atoms with E-state index in [1.807, 2.05) is 29.2 Å². The molecule has 2 aromatic carbocycles. The van der Waals surface area contributed by atoms with Gasteiger partial charge in [0.15, 0.2) is 0 Å². The van der Waals surface area contributed by atoms with E-state index < -0.39 is 10.0 Å². The van der Waals surface area contributed by atoms with Crippen LogP contribution < -0.4 is 9.46 Å². The Morgan fingerprint density at radius 1 is 1.14 bits per heavy atom. The van der Waals surface area contributed by atoms with E-state index in [1.165, 1.54) is 0 Å². The second-order valence-corrected chi connectivity index (χ2v) is 9.21. The lowest BCUT2D eigenvalue weighted by Gasteiger charge is -2.32. The summed E-state index contributed by atoms with van der Waals surface area (Å²) in [6.45, 7) is 0.607. The molecule has 2 aliphatic rings. The van der Waals surface area contributed by atoms with Gasteiger partial charge in [0.25, 0.3) is 0 Å². The molecular weight excluding hydrogens is 376 g/mol. The summed E-state index contributed by atoms with van der Waals surface area (Å²) in [5, 5.41) is 0. The fourth-order valence-electron chi connectivity index (χ4n) is 4.33. The van der Waals surface area contributed by atoms with E-state index in [2.05, 4.69) is 4.72 Å². The largest absolute Gasteiger partial charge is 0.497 e. The van der Waals surface area contributed by atoms with Gasteiger partial charge in [0.2, 0.25) is 15.9 Å². The Kier molecular flexibility index (Phi) is 5.12. The van der Waals surface area contributed by atoms with Gasteiger partial charge < -0.3 is 9.64 Å². The third kappa shape index (κ3) is 3.77. The number of nitrogens with zero attached hydrogens (tertiary/aromatic N) is 1. The number of methoxy groups -OCH3 is 1. The number of fused-ring (bicyclic) bond motifs is 2. The summed E-state index contributed by atoms with van der Waals surface area (Å²) in [7, 11) is -1.92. The molecule has 0 unspecified atom stereocenters. The number of carbonyl (C=O) groups is 1. The van der Waals surface area contributed by atoms with Crippen LogP contribution in [0.25, 0.3) is 0 Å². The van der Waals surface area contributed by atoms with E-state index in [4.69, 9.17) is 4.74 Å². The molecule has 1 N–H and O–H groups in total. The third-order valence-corrected chi connectivity index (χ3v) is 7.22. The highest BCUT2D eigenvalue weighted by Crippen LogP contribution is 2.38. The SMILES string of the molecule is COc1cccc(CC(=O)N2C[C@@H]3C[C@H]2C[C@@H]3NS(=O)(=O)c2ccccc2)c1. The van der Waals surface area contributed by atoms with Crippen LogP contribution >= 0.6 is 0 Å². The van der Waals surface area contributed by atoms with Crippen LogP contribution in [-0.4, -0.2) is 45.0 Å². The van der Waals surface area contributed by atoms with Crippen LogP contribution in [0.2, 0.25) is 0 Å². The van der Waals surface area contributed by atoms with Crippen molar-refractivity contribution in [1.29, 1.82) is 0 Å². The van der Waals surface area contributed by atoms with Crippen LogP contribution in [0.3, 0.4) is 0 Å². The zero-order valence-corrected chi connectivity index (χ0v) is 16.6. The number of nitrogens with one attached hydrogen (secondary N) is 1. The Morgan fingerprint density at radius 3 is 2.61 bits per heavy atom. The number of benzene rings is 2. The van der Waals surface area contributed by atoms with Gasteiger partial charge in [0.05, 0.1) is 18.4 Å². The zero-order valence-electron chi connectivity index (χ0n) is 15.7. The van der Waals surface area contributed by atoms with E-state index in [0.717, 1.165) is 17.7 Å². The standard InChI is InChI=1S/C21H24N2O4S/c1-27-18-7-5-6-15(10-18)11-21(24)23-14-16-12-17(23)13-20(16)22-28(25,26)19-8-3-2-4-9-19/h2-10,16-17,20,22H,11-14H2,1H3/t16-,17-,20-/m0/s1. The molecule has 2 fully saturated rings. The minimum atomic E-state index is -3.53. The fraction of sp³-hybridized carbons (Fsp3) is 0.381. The first-order chi connectivity index (χ1) is 13.5. The molecule has 1 aliphatic heterocycles. The second kappa shape index (κ2) is 7.56. The molecule has 0 radical (unpaired) electrons. The highest BCUT2D eigenvalue weighted by atomic mass is 32.2. The molecule has 0 aromatic heterocycles. The average molecular weight is 401 g/mol. The molecule has 6 nitrogen and oxygen atoms in total. The third-order valence-electron chi connectivity index (χ3n) is 5.71. The first kappa shape index (κ1) is 19.0. The molecule has 2 bridgehead atoms. The maximum absolute atomic E-state index is 12.8. The van der Waals surface area contributed by atoms with E-state index in [0.29, 0.717) is 19.4 Å². The molecule has 1 aliphatic carbocycles. The van der Waals surface area contributed by atoms with Gasteiger partial charge in [-0.15, -0.1) is 0 Å². The molecule has 1 saturated carbocycles. The molecule has 148 valence electrons. The molecular formula is C21H24N2O4S. The van der Waals surface area contributed by atoms with E-state index in [9.17, 15) is 13.2 Å². The van der Waals surface area contributed by atoms with Gasteiger partial charge in [-0.1, -0.05) is 30.3 Å². The van der Waals surface area contributed by atoms with Crippen molar-refractivity contribution in [3.05, 3.63) is 60.2 Å². The normalized spacial score (nSPS) is 23.8. The van der Waals surface area contributed by atoms with Gasteiger partial charge in [-0.3, -0.25) is 4.79 Å². The van der Waals surface area contributed by atoms with Crippen molar-refractivity contribution >= 4 is 15.9 Å². The van der Waals surface area contributed by atoms with Crippen molar-refractivity contribution in [2.75, 3.05) is 13.7 Å². The lowest BCUT2D eigenvalue weighted by atomic mass is 10.0. The van der Waals surface area contributed by atoms with Crippen molar-refractivity contribution in [1.82, 2.24) is 9.62 Å². The van der Waals surface area contributed by atoms with Crippen molar-refractivity contribution in [3.8, 4) is 5.75 Å². The molecule has 28 heavy (non-hydrogen) atoms. The summed E-state index contributed by atoms with van der Waals surface area (Å²) >= 11 is 0. The minimum absolute atomic E-state index is 0.0881. The monoisotopic (exact) mass is 400 g/mol. The summed E-state index contributed by atoms with van der Waals surface area (Å²) in [6, 6.07) is 15.9. The number of likely N-dealkylation sites (tertiary alicyclic amines) is 1. The molecule has 2 aromatic rings. The van der Waals surface area contributed by atoms with E-state index in [1.54, 1.807) is 37.4 Å². The van der Waals surface area contributed by atoms with Crippen LogP contribution in [0.1, 0.15) is 18.4 Å². The topological polar surface area (TPSA) is 75.7 Å². The van der Waals surface area contributed by atoms with Gasteiger partial charge in [0.1, 0.15) is 5.75 Å². The maximum Gasteiger partial charge on any atom is 0.240 e. The molecule has 0 spiro atoms. The molecule has 3 atom stereocenters. The Balaban J connectivity index is 1.38. The van der Waals surface area contributed by atoms with E-state index >= 15 is 0 Å². The van der Waals surface area contributed by atoms with Crippen LogP contribution in [0.4, 0.5) is 0 Å². The lowest BCUT2D eigenvalue weighted by Crippen LogP contribution is -2.48. The second-order valence-electron chi connectivity index (χ2n) is 7.50. The summed E-state index contributed by atoms with van der Waals surface area (Å²) in [6.07, 6.45) is 1.85. The maximum atomic E-state index is 12.8. The smallest absolute Gasteiger partial charge is 0.240 e. The first-order valence-electron chi connectivity index (χ1n) is 9.46. The number of carbonyl (C=O) groups excluding carboxylic acids is 1. The van der Waals surface area contributed by atoms with Gasteiger partial charge in [-0.05, 0) is 48.6 Å². The highest BCUT2D eigenvalue weighted by Gasteiger charge is 2.47. The average Bonchev–Trinajstić information content (AvgIpc) is 3.29. The van der Waals surface area contributed by atoms with Crippen LogP contribution in [0.5, 0.6) is 5.75 Å². The number of hydrogen-bond donors (Lipinski definition) is 1. The summed E-state index contributed by atoms with van der Waals surface area (Å²) in [5.74, 6) is 0.992. The number of piperidine rings is 1. The van der Waals surface area contributed by atoms with Crippen LogP contribution in [0.15, 0.2) is 59.5 Å². The molecule has 1 amide bonds. The number of ether oxygens (including phenoxy) is 1. The number of hydrogen-bond acceptors (Lipinski definition) is 4. The fourth-order valence-corrected chi connectivity index (χ4v) is 5.67. The lowest BCUT2D eigenvalue weighted by molar-refractivity contribution is -0.132. The van der Waals surface area contributed by atoms with Gasteiger partial charge in [0, 0.05) is 18.6 Å². The van der Waals surface area contributed by atoms with Crippen LogP contribution in [0, 0.1) is 5.92 Å². The summed E-state index contributed by atoms with van der Waals surface area (Å²) in [5.41, 5.74) is 0.924. The predicted octanol–water partition coefficient (Wildman–Crippen LogP) is 2.21. The first-order valence-corrected chi connectivity index (χ1v) is 10.9. The number of sulfonamides is 1. The number of amides is 1. The molecule has 1 heterocycles. The van der Waals surface area contributed by atoms with Gasteiger partial charge in [-0.25, -0.2) is 13.1 Å². The molecule has 1 saturated heterocycles. The van der Waals surface area contributed by atoms with Crippen molar-refractivity contribution < 1.29 is 17.9 Å². The Bertz CT molecular complexity index is 961. The van der Waals surface area contributed by atoms with Gasteiger partial charge in [-0.2, -0.15) is 0 Å². The number of rotatable bonds is 6. The van der Waals surface area contributed by atoms with E-state index in [-0.39, 0.29) is 28.8 Å². The highest BCUT2D eigenvalue weighted by molar-refractivity contribution is 7.89. The van der Waals surface area contributed by atoms with Crippen molar-refractivity contribution in [3.63, 3.8) is 0 Å². The van der Waals surface area contributed by atoms with Crippen molar-refractivity contribution in [2.24, 2.45) is 5.92 Å².